The molecule has 2 aromatic carbocycles. The van der Waals surface area contributed by atoms with Crippen molar-refractivity contribution in [1.29, 1.82) is 0 Å². The van der Waals surface area contributed by atoms with E-state index < -0.39 is 0 Å². The van der Waals surface area contributed by atoms with Gasteiger partial charge in [0.2, 0.25) is 0 Å². The Hall–Kier alpha value is -2.34. The highest BCUT2D eigenvalue weighted by atomic mass is 32.2. The second-order valence-electron chi connectivity index (χ2n) is 6.07. The molecule has 0 amide bonds. The van der Waals surface area contributed by atoms with Gasteiger partial charge in [0.1, 0.15) is 17.4 Å². The van der Waals surface area contributed by atoms with Crippen LogP contribution >= 0.6 is 11.8 Å². The summed E-state index contributed by atoms with van der Waals surface area (Å²) in [6.07, 6.45) is 2.89. The van der Waals surface area contributed by atoms with E-state index in [1.165, 1.54) is 17.7 Å². The molecule has 0 aliphatic rings. The van der Waals surface area contributed by atoms with Crippen LogP contribution in [-0.2, 0) is 25.6 Å². The van der Waals surface area contributed by atoms with Crippen molar-refractivity contribution in [2.45, 2.75) is 30.2 Å². The summed E-state index contributed by atoms with van der Waals surface area (Å²) < 4.78 is 20.2. The van der Waals surface area contributed by atoms with Crippen molar-refractivity contribution in [2.24, 2.45) is 7.05 Å². The number of benzene rings is 2. The van der Waals surface area contributed by atoms with Crippen LogP contribution in [0.15, 0.2) is 53.7 Å². The van der Waals surface area contributed by atoms with E-state index in [0.29, 0.717) is 0 Å². The van der Waals surface area contributed by atoms with E-state index in [9.17, 15) is 4.39 Å². The Labute approximate surface area is 157 Å². The van der Waals surface area contributed by atoms with Crippen molar-refractivity contribution in [2.75, 3.05) is 7.11 Å². The molecule has 0 N–H and O–H groups in total. The molecule has 0 spiro atoms. The predicted octanol–water partition coefficient (Wildman–Crippen LogP) is 4.43. The Morgan fingerprint density at radius 1 is 0.962 bits per heavy atom. The molecule has 3 aromatic rings. The first-order valence-electron chi connectivity index (χ1n) is 8.54. The van der Waals surface area contributed by atoms with E-state index in [0.717, 1.165) is 47.3 Å². The molecule has 0 unspecified atom stereocenters. The average Bonchev–Trinajstić information content (AvgIpc) is 3.02. The molecule has 26 heavy (non-hydrogen) atoms. The number of hydrogen-bond acceptors (Lipinski definition) is 4. The zero-order valence-corrected chi connectivity index (χ0v) is 15.8. The number of hydrogen-bond donors (Lipinski definition) is 0. The molecule has 0 aliphatic heterocycles. The first-order chi connectivity index (χ1) is 12.7. The second-order valence-corrected chi connectivity index (χ2v) is 7.02. The van der Waals surface area contributed by atoms with Gasteiger partial charge in [-0.2, -0.15) is 0 Å². The third kappa shape index (κ3) is 4.85. The molecule has 0 atom stereocenters. The summed E-state index contributed by atoms with van der Waals surface area (Å²) in [6.45, 7) is 0. The maximum atomic E-state index is 13.0. The minimum Gasteiger partial charge on any atom is -0.497 e. The van der Waals surface area contributed by atoms with Gasteiger partial charge in [-0.05, 0) is 48.2 Å². The molecule has 136 valence electrons. The topological polar surface area (TPSA) is 39.9 Å². The van der Waals surface area contributed by atoms with Crippen LogP contribution in [0.4, 0.5) is 4.39 Å². The molecule has 0 radical (unpaired) electrons. The summed E-state index contributed by atoms with van der Waals surface area (Å²) >= 11 is 1.61. The van der Waals surface area contributed by atoms with Crippen molar-refractivity contribution in [3.63, 3.8) is 0 Å². The third-order valence-corrected chi connectivity index (χ3v) is 5.32. The Bertz CT molecular complexity index is 831. The van der Waals surface area contributed by atoms with Gasteiger partial charge >= 0.3 is 0 Å². The first kappa shape index (κ1) is 18.5. The number of ether oxygens (including phenoxy) is 1. The van der Waals surface area contributed by atoms with Gasteiger partial charge in [0, 0.05) is 19.2 Å². The van der Waals surface area contributed by atoms with E-state index in [4.69, 9.17) is 4.74 Å². The SMILES string of the molecule is COc1ccc(CCCc2nnc(SCc3ccc(F)cc3)n2C)cc1. The summed E-state index contributed by atoms with van der Waals surface area (Å²) in [6, 6.07) is 14.7. The second kappa shape index (κ2) is 8.85. The summed E-state index contributed by atoms with van der Waals surface area (Å²) in [4.78, 5) is 0. The van der Waals surface area contributed by atoms with Crippen molar-refractivity contribution in [3.8, 4) is 5.75 Å². The fourth-order valence-corrected chi connectivity index (χ4v) is 3.55. The Balaban J connectivity index is 1.50. The summed E-state index contributed by atoms with van der Waals surface area (Å²) in [7, 11) is 3.67. The quantitative estimate of drug-likeness (QED) is 0.549. The van der Waals surface area contributed by atoms with Crippen LogP contribution in [-0.4, -0.2) is 21.9 Å². The molecule has 6 heteroatoms. The lowest BCUT2D eigenvalue weighted by Crippen LogP contribution is -2.00. The molecule has 0 saturated heterocycles. The van der Waals surface area contributed by atoms with Gasteiger partial charge in [0.25, 0.3) is 0 Å². The smallest absolute Gasteiger partial charge is 0.191 e. The average molecular weight is 371 g/mol. The molecule has 3 rings (SSSR count). The number of aryl methyl sites for hydroxylation is 2. The van der Waals surface area contributed by atoms with Crippen LogP contribution in [0.2, 0.25) is 0 Å². The van der Waals surface area contributed by atoms with E-state index >= 15 is 0 Å². The number of methoxy groups -OCH3 is 1. The molecule has 0 bridgehead atoms. The van der Waals surface area contributed by atoms with Crippen LogP contribution in [0, 0.1) is 5.82 Å². The fourth-order valence-electron chi connectivity index (χ4n) is 2.66. The zero-order valence-electron chi connectivity index (χ0n) is 15.0. The number of rotatable bonds is 8. The summed E-state index contributed by atoms with van der Waals surface area (Å²) in [5.41, 5.74) is 2.36. The van der Waals surface area contributed by atoms with Crippen LogP contribution in [0.25, 0.3) is 0 Å². The van der Waals surface area contributed by atoms with Gasteiger partial charge in [-0.15, -0.1) is 10.2 Å². The minimum atomic E-state index is -0.212. The summed E-state index contributed by atoms with van der Waals surface area (Å²) in [5, 5.41) is 9.48. The molecule has 0 aliphatic carbocycles. The zero-order chi connectivity index (χ0) is 18.4. The molecule has 0 fully saturated rings. The standard InChI is InChI=1S/C20H22FN3OS/c1-24-19(5-3-4-15-8-12-18(25-2)13-9-15)22-23-20(24)26-14-16-6-10-17(21)11-7-16/h6-13H,3-5,14H2,1-2H3. The lowest BCUT2D eigenvalue weighted by Gasteiger charge is -2.05. The molecule has 4 nitrogen and oxygen atoms in total. The van der Waals surface area contributed by atoms with Crippen LogP contribution in [0.1, 0.15) is 23.4 Å². The van der Waals surface area contributed by atoms with Gasteiger partial charge in [-0.3, -0.25) is 0 Å². The maximum absolute atomic E-state index is 13.0. The van der Waals surface area contributed by atoms with E-state index in [1.54, 1.807) is 31.0 Å². The number of halogens is 1. The minimum absolute atomic E-state index is 0.212. The highest BCUT2D eigenvalue weighted by Gasteiger charge is 2.09. The Morgan fingerprint density at radius 2 is 1.65 bits per heavy atom. The van der Waals surface area contributed by atoms with Gasteiger partial charge in [-0.1, -0.05) is 36.0 Å². The number of aromatic nitrogens is 3. The molecular formula is C20H22FN3OS. The van der Waals surface area contributed by atoms with E-state index in [1.807, 2.05) is 23.7 Å². The fraction of sp³-hybridized carbons (Fsp3) is 0.300. The van der Waals surface area contributed by atoms with Crippen LogP contribution < -0.4 is 4.74 Å². The third-order valence-electron chi connectivity index (χ3n) is 4.23. The highest BCUT2D eigenvalue weighted by molar-refractivity contribution is 7.98. The van der Waals surface area contributed by atoms with Gasteiger partial charge in [0.05, 0.1) is 7.11 Å². The van der Waals surface area contributed by atoms with Crippen LogP contribution in [0.5, 0.6) is 5.75 Å². The molecular weight excluding hydrogens is 349 g/mol. The maximum Gasteiger partial charge on any atom is 0.191 e. The van der Waals surface area contributed by atoms with Gasteiger partial charge in [0.15, 0.2) is 5.16 Å². The van der Waals surface area contributed by atoms with E-state index in [-0.39, 0.29) is 5.82 Å². The lowest BCUT2D eigenvalue weighted by atomic mass is 10.1. The molecule has 0 saturated carbocycles. The molecule has 1 aromatic heterocycles. The van der Waals surface area contributed by atoms with Crippen molar-refractivity contribution < 1.29 is 9.13 Å². The van der Waals surface area contributed by atoms with Crippen LogP contribution in [0.3, 0.4) is 0 Å². The largest absolute Gasteiger partial charge is 0.497 e. The van der Waals surface area contributed by atoms with E-state index in [2.05, 4.69) is 22.3 Å². The van der Waals surface area contributed by atoms with Crippen molar-refractivity contribution in [3.05, 3.63) is 71.3 Å². The molecule has 1 heterocycles. The summed E-state index contributed by atoms with van der Waals surface area (Å²) in [5.74, 6) is 2.40. The lowest BCUT2D eigenvalue weighted by molar-refractivity contribution is 0.414. The van der Waals surface area contributed by atoms with Crippen molar-refractivity contribution >= 4 is 11.8 Å². The van der Waals surface area contributed by atoms with Gasteiger partial charge < -0.3 is 9.30 Å². The van der Waals surface area contributed by atoms with Gasteiger partial charge in [-0.25, -0.2) is 4.39 Å². The Morgan fingerprint density at radius 3 is 2.35 bits per heavy atom. The normalized spacial score (nSPS) is 10.9. The number of nitrogens with zero attached hydrogens (tertiary/aromatic N) is 3. The monoisotopic (exact) mass is 371 g/mol. The number of thioether (sulfide) groups is 1. The Kier molecular flexibility index (Phi) is 6.28. The highest BCUT2D eigenvalue weighted by Crippen LogP contribution is 2.22. The predicted molar refractivity (Wildman–Crippen MR) is 102 cm³/mol. The first-order valence-corrected chi connectivity index (χ1v) is 9.52. The van der Waals surface area contributed by atoms with Crippen molar-refractivity contribution in [1.82, 2.24) is 14.8 Å².